The second-order valence-corrected chi connectivity index (χ2v) is 19.3. The summed E-state index contributed by atoms with van der Waals surface area (Å²) in [5.41, 5.74) is 14.7. The Morgan fingerprint density at radius 3 is 1.53 bits per heavy atom. The Hall–Kier alpha value is -9.12. The first-order valence-electron chi connectivity index (χ1n) is 25.8. The van der Waals surface area contributed by atoms with E-state index in [1.54, 1.807) is 49.1 Å². The Morgan fingerprint density at radius 2 is 1.05 bits per heavy atom. The van der Waals surface area contributed by atoms with Crippen LogP contribution in [0.15, 0.2) is 123 Å². The van der Waals surface area contributed by atoms with E-state index in [1.165, 1.54) is 50.9 Å². The third-order valence-electron chi connectivity index (χ3n) is 12.7. The van der Waals surface area contributed by atoms with Crippen molar-refractivity contribution in [2.75, 3.05) is 75.7 Å². The number of azo groups is 2. The molecule has 2 amide bonds. The van der Waals surface area contributed by atoms with Crippen LogP contribution >= 0.6 is 0 Å². The third kappa shape index (κ3) is 13.0. The SMILES string of the molecule is CC(=O)Nc1ccc(N=Nc2ccc(N3CCCC3)cc2)cc1Nc1nc(NCCN)c2ncn(C(C)C)c2n1.CC(=O)Nc1ccc(N=Nc2ccc(N3CCCC3)cc2)cc1Nc1nc2c(ncn2C(C)C)c(=O)[nH]1. The molecule has 0 unspecified atom stereocenters. The van der Waals surface area contributed by atoms with Gasteiger partial charge in [0.15, 0.2) is 28.1 Å². The summed E-state index contributed by atoms with van der Waals surface area (Å²) >= 11 is 0. The minimum atomic E-state index is -0.360. The Bertz CT molecular complexity index is 3480. The normalized spacial score (nSPS) is 13.6. The number of amides is 2. The number of carbonyl (C=O) groups is 2. The van der Waals surface area contributed by atoms with Crippen molar-refractivity contribution < 1.29 is 9.59 Å². The van der Waals surface area contributed by atoms with Gasteiger partial charge in [-0.25, -0.2) is 9.97 Å². The summed E-state index contributed by atoms with van der Waals surface area (Å²) in [7, 11) is 0. The zero-order valence-corrected chi connectivity index (χ0v) is 44.1. The molecule has 4 aromatic heterocycles. The molecule has 0 aliphatic carbocycles. The summed E-state index contributed by atoms with van der Waals surface area (Å²) in [6, 6.07) is 26.9. The van der Waals surface area contributed by atoms with Crippen LogP contribution in [0.1, 0.15) is 79.3 Å². The highest BCUT2D eigenvalue weighted by Gasteiger charge is 2.19. The number of rotatable bonds is 17. The maximum absolute atomic E-state index is 12.6. The number of nitrogens with two attached hydrogens (primary N) is 1. The van der Waals surface area contributed by atoms with Crippen molar-refractivity contribution in [3.05, 3.63) is 108 Å². The Morgan fingerprint density at radius 1 is 0.597 bits per heavy atom. The van der Waals surface area contributed by atoms with Gasteiger partial charge in [-0.15, -0.1) is 0 Å². The number of anilines is 9. The quantitative estimate of drug-likeness (QED) is 0.0418. The highest BCUT2D eigenvalue weighted by atomic mass is 16.2. The van der Waals surface area contributed by atoms with Gasteiger partial charge in [0.2, 0.25) is 23.7 Å². The first kappa shape index (κ1) is 52.7. The van der Waals surface area contributed by atoms with Crippen molar-refractivity contribution in [1.82, 2.24) is 39.0 Å². The molecule has 2 fully saturated rings. The summed E-state index contributed by atoms with van der Waals surface area (Å²) in [4.78, 5) is 66.4. The number of imidazole rings is 2. The van der Waals surface area contributed by atoms with Gasteiger partial charge in [-0.05, 0) is 138 Å². The lowest BCUT2D eigenvalue weighted by Gasteiger charge is -2.17. The predicted molar refractivity (Wildman–Crippen MR) is 304 cm³/mol. The second kappa shape index (κ2) is 24.0. The van der Waals surface area contributed by atoms with E-state index >= 15 is 0 Å². The third-order valence-corrected chi connectivity index (χ3v) is 12.7. The van der Waals surface area contributed by atoms with Crippen LogP contribution in [0.3, 0.4) is 0 Å². The molecule has 23 heteroatoms. The number of nitrogens with zero attached hydrogens (tertiary/aromatic N) is 13. The number of nitrogens with one attached hydrogen (secondary N) is 6. The Kier molecular flexibility index (Phi) is 16.5. The Labute approximate surface area is 445 Å². The van der Waals surface area contributed by atoms with Crippen molar-refractivity contribution in [1.29, 1.82) is 0 Å². The Balaban J connectivity index is 0.000000188. The molecule has 398 valence electrons. The minimum Gasteiger partial charge on any atom is -0.372 e. The number of aromatic amines is 1. The van der Waals surface area contributed by atoms with Gasteiger partial charge in [0.05, 0.1) is 58.2 Å². The zero-order chi connectivity index (χ0) is 54.0. The molecule has 0 bridgehead atoms. The van der Waals surface area contributed by atoms with E-state index in [1.807, 2.05) is 47.2 Å². The van der Waals surface area contributed by atoms with E-state index in [0.717, 1.165) is 37.6 Å². The summed E-state index contributed by atoms with van der Waals surface area (Å²) in [6.45, 7) is 16.3. The molecule has 6 heterocycles. The number of H-pyrrole nitrogens is 1. The molecule has 2 aliphatic heterocycles. The fourth-order valence-corrected chi connectivity index (χ4v) is 8.91. The molecule has 8 N–H and O–H groups in total. The number of hydrogen-bond acceptors (Lipinski definition) is 18. The average Bonchev–Trinajstić information content (AvgIpc) is 4.28. The average molecular weight is 1040 g/mol. The van der Waals surface area contributed by atoms with Gasteiger partial charge in [-0.1, -0.05) is 0 Å². The lowest BCUT2D eigenvalue weighted by Crippen LogP contribution is -2.17. The maximum atomic E-state index is 12.6. The van der Waals surface area contributed by atoms with Crippen molar-refractivity contribution in [2.45, 2.75) is 79.3 Å². The monoisotopic (exact) mass is 1040 g/mol. The van der Waals surface area contributed by atoms with Crippen molar-refractivity contribution in [3.63, 3.8) is 0 Å². The summed E-state index contributed by atoms with van der Waals surface area (Å²) < 4.78 is 3.80. The zero-order valence-electron chi connectivity index (χ0n) is 44.1. The van der Waals surface area contributed by atoms with E-state index in [9.17, 15) is 14.4 Å². The molecular formula is C54H64N20O3. The molecule has 23 nitrogen and oxygen atoms in total. The van der Waals surface area contributed by atoms with Crippen molar-refractivity contribution in [3.8, 4) is 0 Å². The molecule has 8 aromatic rings. The van der Waals surface area contributed by atoms with E-state index < -0.39 is 0 Å². The van der Waals surface area contributed by atoms with Crippen LogP contribution in [0.4, 0.5) is 74.6 Å². The van der Waals surface area contributed by atoms with Crippen LogP contribution in [-0.4, -0.2) is 90.1 Å². The van der Waals surface area contributed by atoms with Gasteiger partial charge in [0, 0.05) is 76.6 Å². The van der Waals surface area contributed by atoms with Gasteiger partial charge in [-0.3, -0.25) is 19.4 Å². The molecule has 2 saturated heterocycles. The molecule has 0 radical (unpaired) electrons. The van der Waals surface area contributed by atoms with E-state index in [4.69, 9.17) is 10.7 Å². The highest BCUT2D eigenvalue weighted by molar-refractivity contribution is 5.95. The first-order valence-corrected chi connectivity index (χ1v) is 25.8. The lowest BCUT2D eigenvalue weighted by molar-refractivity contribution is -0.115. The predicted octanol–water partition coefficient (Wildman–Crippen LogP) is 10.9. The van der Waals surface area contributed by atoms with E-state index in [2.05, 4.69) is 120 Å². The van der Waals surface area contributed by atoms with Crippen LogP contribution < -0.4 is 47.7 Å². The fraction of sp³-hybridized carbons (Fsp3) is 0.333. The van der Waals surface area contributed by atoms with Crippen LogP contribution in [0.25, 0.3) is 22.3 Å². The number of aromatic nitrogens is 8. The molecule has 0 spiro atoms. The molecule has 0 atom stereocenters. The molecule has 77 heavy (non-hydrogen) atoms. The molecule has 10 rings (SSSR count). The van der Waals surface area contributed by atoms with Crippen molar-refractivity contribution >= 4 is 109 Å². The van der Waals surface area contributed by atoms with Gasteiger partial charge >= 0.3 is 0 Å². The number of carbonyl (C=O) groups excluding carboxylic acids is 2. The second-order valence-electron chi connectivity index (χ2n) is 19.3. The van der Waals surface area contributed by atoms with Crippen LogP contribution in [0.2, 0.25) is 0 Å². The van der Waals surface area contributed by atoms with Gasteiger partial charge in [0.1, 0.15) is 0 Å². The molecule has 4 aromatic carbocycles. The molecule has 0 saturated carbocycles. The lowest BCUT2D eigenvalue weighted by atomic mass is 10.2. The smallest absolute Gasteiger partial charge is 0.280 e. The fourth-order valence-electron chi connectivity index (χ4n) is 8.91. The molecule has 2 aliphatic rings. The number of hydrogen-bond donors (Lipinski definition) is 7. The first-order chi connectivity index (χ1) is 37.3. The van der Waals surface area contributed by atoms with Crippen LogP contribution in [0.5, 0.6) is 0 Å². The van der Waals surface area contributed by atoms with E-state index in [-0.39, 0.29) is 40.9 Å². The number of fused-ring (bicyclic) bond motifs is 2. The standard InChI is InChI=1S/C28H35N11O.C26H29N9O2/c1-18(2)39-17-31-25-26(30-13-12-29)34-28(35-27(25)39)33-24-16-21(8-11-23(24)32-19(3)40)37-36-20-6-9-22(10-7-20)38-14-4-5-15-38;1-16(2)35-15-27-23-24(35)30-26(31-25(23)37)29-22-14-19(8-11-21(22)28-17(3)36)33-32-18-6-9-20(10-7-18)34-12-4-5-13-34/h6-11,16-18H,4-5,12-15,29H2,1-3H3,(H,32,40)(H2,30,33,34,35);6-11,14-16H,4-5,12-13H2,1-3H3,(H,28,36)(H2,29,30,31,37). The summed E-state index contributed by atoms with van der Waals surface area (Å²) in [5, 5.41) is 32.9. The minimum absolute atomic E-state index is 0.0789. The van der Waals surface area contributed by atoms with Gasteiger partial charge < -0.3 is 51.3 Å². The summed E-state index contributed by atoms with van der Waals surface area (Å²) in [5.74, 6) is 0.706. The van der Waals surface area contributed by atoms with Gasteiger partial charge in [0.25, 0.3) is 5.56 Å². The molecular weight excluding hydrogens is 977 g/mol. The van der Waals surface area contributed by atoms with Crippen LogP contribution in [0, 0.1) is 0 Å². The van der Waals surface area contributed by atoms with Gasteiger partial charge in [-0.2, -0.15) is 35.4 Å². The van der Waals surface area contributed by atoms with Crippen LogP contribution in [-0.2, 0) is 9.59 Å². The number of benzene rings is 4. The van der Waals surface area contributed by atoms with Crippen molar-refractivity contribution in [2.24, 2.45) is 26.2 Å². The largest absolute Gasteiger partial charge is 0.372 e. The topological polar surface area (TPSA) is 283 Å². The highest BCUT2D eigenvalue weighted by Crippen LogP contribution is 2.34. The summed E-state index contributed by atoms with van der Waals surface area (Å²) in [6.07, 6.45) is 8.28. The maximum Gasteiger partial charge on any atom is 0.280 e. The van der Waals surface area contributed by atoms with E-state index in [0.29, 0.717) is 75.8 Å².